The number of unbranched alkanes of at least 4 members (excludes halogenated alkanes) is 3. The van der Waals surface area contributed by atoms with Gasteiger partial charge in [-0.2, -0.15) is 0 Å². The van der Waals surface area contributed by atoms with Crippen LogP contribution in [0.1, 0.15) is 85.7 Å². The number of imide groups is 1. The first-order chi connectivity index (χ1) is 20.4. The number of nitrogens with one attached hydrogen (secondary N) is 5. The zero-order chi connectivity index (χ0) is 29.7. The Morgan fingerprint density at radius 2 is 1.67 bits per heavy atom. The second-order valence-electron chi connectivity index (χ2n) is 11.2. The molecule has 0 aliphatic carbocycles. The highest BCUT2D eigenvalue weighted by Crippen LogP contribution is 2.29. The van der Waals surface area contributed by atoms with Crippen molar-refractivity contribution in [3.63, 3.8) is 0 Å². The third kappa shape index (κ3) is 9.66. The number of anilines is 1. The molecular formula is C32H44N6O4. The predicted molar refractivity (Wildman–Crippen MR) is 163 cm³/mol. The van der Waals surface area contributed by atoms with Gasteiger partial charge in [-0.3, -0.25) is 34.8 Å². The predicted octanol–water partition coefficient (Wildman–Crippen LogP) is 3.21. The Hall–Kier alpha value is -3.76. The molecular weight excluding hydrogens is 532 g/mol. The molecule has 4 amide bonds. The van der Waals surface area contributed by atoms with Gasteiger partial charge in [-0.1, -0.05) is 50.5 Å². The first-order valence-corrected chi connectivity index (χ1v) is 15.2. The van der Waals surface area contributed by atoms with E-state index in [1.54, 1.807) is 12.1 Å². The molecule has 2 fully saturated rings. The van der Waals surface area contributed by atoms with Crippen molar-refractivity contribution < 1.29 is 19.2 Å². The summed E-state index contributed by atoms with van der Waals surface area (Å²) in [7, 11) is 0. The number of hydrogen-bond acceptors (Lipinski definition) is 7. The van der Waals surface area contributed by atoms with Crippen molar-refractivity contribution >= 4 is 29.3 Å². The number of nitrogens with zero attached hydrogens (tertiary/aromatic N) is 1. The summed E-state index contributed by atoms with van der Waals surface area (Å²) in [6, 6.07) is 15.1. The number of benzene rings is 2. The van der Waals surface area contributed by atoms with Crippen LogP contribution in [0.4, 0.5) is 5.69 Å². The first-order valence-electron chi connectivity index (χ1n) is 15.2. The average Bonchev–Trinajstić information content (AvgIpc) is 3.00. The molecule has 2 heterocycles. The normalized spacial score (nSPS) is 17.9. The van der Waals surface area contributed by atoms with Crippen molar-refractivity contribution in [1.82, 2.24) is 26.4 Å². The van der Waals surface area contributed by atoms with Crippen LogP contribution in [0.5, 0.6) is 0 Å². The van der Waals surface area contributed by atoms with E-state index in [2.05, 4.69) is 50.8 Å². The minimum atomic E-state index is -0.388. The lowest BCUT2D eigenvalue weighted by atomic mass is 9.89. The summed E-state index contributed by atoms with van der Waals surface area (Å²) >= 11 is 0. The molecule has 10 nitrogen and oxygen atoms in total. The number of amides is 4. The fourth-order valence-electron chi connectivity index (χ4n) is 5.40. The van der Waals surface area contributed by atoms with Crippen LogP contribution in [0.25, 0.3) is 0 Å². The highest BCUT2D eigenvalue weighted by molar-refractivity contribution is 6.01. The van der Waals surface area contributed by atoms with Gasteiger partial charge in [-0.05, 0) is 80.1 Å². The molecule has 0 radical (unpaired) electrons. The second kappa shape index (κ2) is 16.0. The Balaban J connectivity index is 1.12. The van der Waals surface area contributed by atoms with Gasteiger partial charge < -0.3 is 10.6 Å². The maximum absolute atomic E-state index is 12.6. The van der Waals surface area contributed by atoms with E-state index < -0.39 is 0 Å². The Labute approximate surface area is 248 Å². The van der Waals surface area contributed by atoms with Crippen molar-refractivity contribution in [3.05, 3.63) is 65.2 Å². The van der Waals surface area contributed by atoms with Gasteiger partial charge in [-0.25, -0.2) is 5.43 Å². The molecule has 2 aromatic carbocycles. The molecule has 5 N–H and O–H groups in total. The number of piperidine rings is 2. The minimum absolute atomic E-state index is 0.00794. The molecule has 1 atom stereocenters. The summed E-state index contributed by atoms with van der Waals surface area (Å²) < 4.78 is 0. The largest absolute Gasteiger partial charge is 0.374 e. The molecule has 42 heavy (non-hydrogen) atoms. The summed E-state index contributed by atoms with van der Waals surface area (Å²) in [5, 5.41) is 8.59. The Morgan fingerprint density at radius 3 is 2.36 bits per heavy atom. The van der Waals surface area contributed by atoms with Crippen molar-refractivity contribution in [1.29, 1.82) is 0 Å². The number of carbonyl (C=O) groups excluding carboxylic acids is 4. The van der Waals surface area contributed by atoms with Gasteiger partial charge in [0.25, 0.3) is 5.91 Å². The van der Waals surface area contributed by atoms with Crippen LogP contribution in [0.2, 0.25) is 0 Å². The zero-order valence-corrected chi connectivity index (χ0v) is 24.5. The molecule has 0 saturated carbocycles. The van der Waals surface area contributed by atoms with Gasteiger partial charge in [0.05, 0.1) is 6.54 Å². The Bertz CT molecular complexity index is 1190. The van der Waals surface area contributed by atoms with Gasteiger partial charge >= 0.3 is 0 Å². The smallest absolute Gasteiger partial charge is 0.265 e. The standard InChI is InChI=1S/C32H44N6O4/c1-2-3-4-5-18-34-37-31(41)26-8-6-23(7-9-26)21-33-30(40)22-38-19-16-25(17-20-38)24-10-12-27(13-11-24)35-28-14-15-29(39)36-32(28)42/h6-13,25,28,34-35H,2-5,14-22H2,1H3,(H,33,40)(H,37,41)(H,36,39,42). The molecule has 0 aromatic heterocycles. The number of rotatable bonds is 14. The summed E-state index contributed by atoms with van der Waals surface area (Å²) in [6.07, 6.45) is 7.38. The number of likely N-dealkylation sites (tertiary alicyclic amines) is 1. The van der Waals surface area contributed by atoms with Gasteiger partial charge in [0.2, 0.25) is 17.7 Å². The molecule has 4 rings (SSSR count). The Morgan fingerprint density at radius 1 is 0.929 bits per heavy atom. The van der Waals surface area contributed by atoms with E-state index in [0.717, 1.165) is 56.6 Å². The van der Waals surface area contributed by atoms with Crippen LogP contribution >= 0.6 is 0 Å². The fourth-order valence-corrected chi connectivity index (χ4v) is 5.40. The van der Waals surface area contributed by atoms with Crippen LogP contribution in [0.3, 0.4) is 0 Å². The lowest BCUT2D eigenvalue weighted by Gasteiger charge is -2.31. The SMILES string of the molecule is CCCCCCNNC(=O)c1ccc(CNC(=O)CN2CCC(c3ccc(NC4CCC(=O)NC4=O)cc3)CC2)cc1. The van der Waals surface area contributed by atoms with Gasteiger partial charge in [-0.15, -0.1) is 0 Å². The summed E-state index contributed by atoms with van der Waals surface area (Å²) in [5.74, 6) is -0.229. The molecule has 0 spiro atoms. The maximum atomic E-state index is 12.6. The molecule has 2 aliphatic rings. The summed E-state index contributed by atoms with van der Waals surface area (Å²) in [4.78, 5) is 50.4. The van der Waals surface area contributed by atoms with E-state index in [0.29, 0.717) is 37.4 Å². The highest BCUT2D eigenvalue weighted by atomic mass is 16.2. The average molecular weight is 577 g/mol. The van der Waals surface area contributed by atoms with Crippen molar-refractivity contribution in [2.75, 3.05) is 31.5 Å². The third-order valence-electron chi connectivity index (χ3n) is 7.98. The van der Waals surface area contributed by atoms with Gasteiger partial charge in [0.1, 0.15) is 6.04 Å². The fraction of sp³-hybridized carbons (Fsp3) is 0.500. The van der Waals surface area contributed by atoms with E-state index in [1.165, 1.54) is 18.4 Å². The van der Waals surface area contributed by atoms with E-state index in [1.807, 2.05) is 24.3 Å². The molecule has 0 bridgehead atoms. The number of hydrogen-bond donors (Lipinski definition) is 5. The van der Waals surface area contributed by atoms with Crippen LogP contribution in [0, 0.1) is 0 Å². The molecule has 10 heteroatoms. The van der Waals surface area contributed by atoms with Crippen LogP contribution < -0.4 is 26.8 Å². The van der Waals surface area contributed by atoms with Crippen LogP contribution in [-0.2, 0) is 20.9 Å². The molecule has 226 valence electrons. The number of hydrazine groups is 1. The van der Waals surface area contributed by atoms with Crippen molar-refractivity contribution in [2.24, 2.45) is 0 Å². The van der Waals surface area contributed by atoms with E-state index >= 15 is 0 Å². The molecule has 1 unspecified atom stereocenters. The van der Waals surface area contributed by atoms with Crippen molar-refractivity contribution in [2.45, 2.75) is 76.8 Å². The monoisotopic (exact) mass is 576 g/mol. The summed E-state index contributed by atoms with van der Waals surface area (Å²) in [6.45, 7) is 5.42. The topological polar surface area (TPSA) is 132 Å². The lowest BCUT2D eigenvalue weighted by Crippen LogP contribution is -2.47. The van der Waals surface area contributed by atoms with Gasteiger partial charge in [0.15, 0.2) is 0 Å². The van der Waals surface area contributed by atoms with E-state index in [9.17, 15) is 19.2 Å². The first kappa shape index (κ1) is 31.2. The molecule has 2 aliphatic heterocycles. The Kier molecular flexibility index (Phi) is 11.9. The summed E-state index contributed by atoms with van der Waals surface area (Å²) in [5.41, 5.74) is 9.36. The molecule has 2 saturated heterocycles. The lowest BCUT2D eigenvalue weighted by molar-refractivity contribution is -0.133. The number of carbonyl (C=O) groups is 4. The second-order valence-corrected chi connectivity index (χ2v) is 11.2. The zero-order valence-electron chi connectivity index (χ0n) is 24.5. The van der Waals surface area contributed by atoms with Crippen LogP contribution in [-0.4, -0.2) is 60.7 Å². The van der Waals surface area contributed by atoms with Gasteiger partial charge in [0, 0.05) is 30.8 Å². The minimum Gasteiger partial charge on any atom is -0.374 e. The molecule has 2 aromatic rings. The van der Waals surface area contributed by atoms with Crippen molar-refractivity contribution in [3.8, 4) is 0 Å². The van der Waals surface area contributed by atoms with Crippen LogP contribution in [0.15, 0.2) is 48.5 Å². The third-order valence-corrected chi connectivity index (χ3v) is 7.98. The maximum Gasteiger partial charge on any atom is 0.265 e. The van der Waals surface area contributed by atoms with E-state index in [-0.39, 0.29) is 29.7 Å². The van der Waals surface area contributed by atoms with E-state index in [4.69, 9.17) is 0 Å². The quantitative estimate of drug-likeness (QED) is 0.133. The highest BCUT2D eigenvalue weighted by Gasteiger charge is 2.26.